The number of anilines is 1. The molecule has 1 unspecified atom stereocenters. The minimum Gasteiger partial charge on any atom is -0.343 e. The summed E-state index contributed by atoms with van der Waals surface area (Å²) < 4.78 is 28.6. The molecule has 0 radical (unpaired) electrons. The molecule has 2 heterocycles. The lowest BCUT2D eigenvalue weighted by molar-refractivity contribution is 0.242. The highest BCUT2D eigenvalue weighted by atomic mass is 32.2. The third-order valence-corrected chi connectivity index (χ3v) is 5.10. The van der Waals surface area contributed by atoms with Gasteiger partial charge in [0, 0.05) is 11.7 Å². The molecular formula is C16H21N7O3S. The van der Waals surface area contributed by atoms with Crippen molar-refractivity contribution in [3.05, 3.63) is 41.7 Å². The minimum atomic E-state index is -4.31. The van der Waals surface area contributed by atoms with E-state index in [9.17, 15) is 13.2 Å². The van der Waals surface area contributed by atoms with Crippen LogP contribution in [0, 0.1) is 6.92 Å². The zero-order valence-electron chi connectivity index (χ0n) is 15.1. The first-order chi connectivity index (χ1) is 12.7. The Morgan fingerprint density at radius 3 is 2.81 bits per heavy atom. The molecular weight excluding hydrogens is 370 g/mol. The molecule has 0 fully saturated rings. The molecule has 0 saturated carbocycles. The van der Waals surface area contributed by atoms with Gasteiger partial charge < -0.3 is 16.0 Å². The van der Waals surface area contributed by atoms with Crippen molar-refractivity contribution < 1.29 is 13.2 Å². The van der Waals surface area contributed by atoms with Crippen LogP contribution in [0.4, 0.5) is 10.5 Å². The molecule has 10 nitrogen and oxygen atoms in total. The molecule has 0 spiro atoms. The highest BCUT2D eigenvalue weighted by Gasteiger charge is 2.50. The van der Waals surface area contributed by atoms with E-state index in [4.69, 9.17) is 0 Å². The van der Waals surface area contributed by atoms with Gasteiger partial charge in [0.05, 0.1) is 12.5 Å². The standard InChI is InChI=1S/C16H21N7O3S/c1-11(2)20-15(24)22-27(25,26)23-10-17-8-14-16(23,19-9-18-14)21-13-6-4-5-12(3)7-13/h4-11,21H,1-3H3,(H,18,19)(H2,20,22,24). The molecule has 11 heteroatoms. The van der Waals surface area contributed by atoms with Crippen LogP contribution in [0.3, 0.4) is 0 Å². The molecule has 3 rings (SSSR count). The number of hydrogen-bond acceptors (Lipinski definition) is 7. The second-order valence-corrected chi connectivity index (χ2v) is 7.96. The molecule has 0 aromatic heterocycles. The van der Waals surface area contributed by atoms with E-state index in [0.717, 1.165) is 16.2 Å². The monoisotopic (exact) mass is 391 g/mol. The fourth-order valence-electron chi connectivity index (χ4n) is 2.69. The van der Waals surface area contributed by atoms with Crippen molar-refractivity contribution in [3.63, 3.8) is 0 Å². The van der Waals surface area contributed by atoms with Crippen LogP contribution in [-0.4, -0.2) is 43.3 Å². The summed E-state index contributed by atoms with van der Waals surface area (Å²) in [4.78, 5) is 20.2. The summed E-state index contributed by atoms with van der Waals surface area (Å²) in [5.74, 6) is -1.51. The van der Waals surface area contributed by atoms with Crippen molar-refractivity contribution in [2.45, 2.75) is 32.6 Å². The Hall–Kier alpha value is -3.08. The van der Waals surface area contributed by atoms with Gasteiger partial charge in [0.15, 0.2) is 0 Å². The Balaban J connectivity index is 1.95. The predicted octanol–water partition coefficient (Wildman–Crippen LogP) is 0.830. The summed E-state index contributed by atoms with van der Waals surface area (Å²) in [5.41, 5.74) is 2.05. The SMILES string of the molecule is Cc1cccc(NC23N=CNC2=CN=CN3S(=O)(=O)NC(=O)NC(C)C)c1. The second kappa shape index (κ2) is 6.91. The van der Waals surface area contributed by atoms with Crippen LogP contribution in [0.1, 0.15) is 19.4 Å². The Bertz CT molecular complexity index is 939. The first-order valence-corrected chi connectivity index (χ1v) is 9.69. The topological polar surface area (TPSA) is 127 Å². The molecule has 2 aliphatic heterocycles. The Kier molecular flexibility index (Phi) is 4.79. The first kappa shape index (κ1) is 18.7. The summed E-state index contributed by atoms with van der Waals surface area (Å²) in [5, 5.41) is 8.48. The lowest BCUT2D eigenvalue weighted by atomic mass is 10.2. The van der Waals surface area contributed by atoms with Crippen molar-refractivity contribution in [3.8, 4) is 0 Å². The maximum atomic E-state index is 12.9. The fraction of sp³-hybridized carbons (Fsp3) is 0.312. The number of urea groups is 1. The van der Waals surface area contributed by atoms with Crippen molar-refractivity contribution >= 4 is 34.6 Å². The zero-order chi connectivity index (χ0) is 19.7. The van der Waals surface area contributed by atoms with E-state index in [0.29, 0.717) is 11.4 Å². The maximum absolute atomic E-state index is 12.9. The van der Waals surface area contributed by atoms with Gasteiger partial charge in [-0.25, -0.2) is 19.5 Å². The highest BCUT2D eigenvalue weighted by Crippen LogP contribution is 2.33. The van der Waals surface area contributed by atoms with E-state index in [-0.39, 0.29) is 6.04 Å². The molecule has 2 amide bonds. The quantitative estimate of drug-likeness (QED) is 0.591. The Morgan fingerprint density at radius 2 is 2.11 bits per heavy atom. The summed E-state index contributed by atoms with van der Waals surface area (Å²) in [6, 6.07) is 6.35. The number of nitrogens with zero attached hydrogens (tertiary/aromatic N) is 3. The van der Waals surface area contributed by atoms with Crippen LogP contribution in [-0.2, 0) is 10.2 Å². The molecule has 27 heavy (non-hydrogen) atoms. The highest BCUT2D eigenvalue weighted by molar-refractivity contribution is 7.88. The molecule has 2 aliphatic rings. The van der Waals surface area contributed by atoms with Crippen LogP contribution in [0.5, 0.6) is 0 Å². The average molecular weight is 391 g/mol. The van der Waals surface area contributed by atoms with Crippen LogP contribution in [0.15, 0.2) is 46.1 Å². The van der Waals surface area contributed by atoms with E-state index in [1.807, 2.05) is 29.8 Å². The number of benzene rings is 1. The summed E-state index contributed by atoms with van der Waals surface area (Å²) in [7, 11) is -4.31. The number of hydrogen-bond donors (Lipinski definition) is 4. The molecule has 0 bridgehead atoms. The van der Waals surface area contributed by atoms with Gasteiger partial charge in [0.25, 0.3) is 5.79 Å². The number of fused-ring (bicyclic) bond motifs is 1. The van der Waals surface area contributed by atoms with E-state index < -0.39 is 22.0 Å². The van der Waals surface area contributed by atoms with Crippen LogP contribution >= 0.6 is 0 Å². The Morgan fingerprint density at radius 1 is 1.33 bits per heavy atom. The zero-order valence-corrected chi connectivity index (χ0v) is 15.9. The third kappa shape index (κ3) is 3.72. The fourth-order valence-corrected chi connectivity index (χ4v) is 3.80. The van der Waals surface area contributed by atoms with Crippen LogP contribution < -0.4 is 20.7 Å². The van der Waals surface area contributed by atoms with Gasteiger partial charge in [-0.15, -0.1) is 0 Å². The minimum absolute atomic E-state index is 0.226. The lowest BCUT2D eigenvalue weighted by Crippen LogP contribution is -2.61. The molecule has 0 saturated heterocycles. The van der Waals surface area contributed by atoms with E-state index in [2.05, 4.69) is 25.9 Å². The summed E-state index contributed by atoms with van der Waals surface area (Å²) in [6.45, 7) is 5.37. The summed E-state index contributed by atoms with van der Waals surface area (Å²) in [6.07, 6.45) is 3.94. The lowest BCUT2D eigenvalue weighted by Gasteiger charge is -2.39. The number of nitrogens with one attached hydrogen (secondary N) is 4. The van der Waals surface area contributed by atoms with Gasteiger partial charge in [-0.3, -0.25) is 0 Å². The molecule has 4 N–H and O–H groups in total. The van der Waals surface area contributed by atoms with Gasteiger partial charge in [-0.05, 0) is 38.5 Å². The van der Waals surface area contributed by atoms with Gasteiger partial charge in [0.1, 0.15) is 12.0 Å². The van der Waals surface area contributed by atoms with Crippen LogP contribution in [0.25, 0.3) is 0 Å². The molecule has 1 atom stereocenters. The molecule has 1 aromatic rings. The number of amides is 2. The van der Waals surface area contributed by atoms with E-state index in [1.54, 1.807) is 19.9 Å². The van der Waals surface area contributed by atoms with Gasteiger partial charge >= 0.3 is 16.2 Å². The molecule has 1 aromatic carbocycles. The number of carbonyl (C=O) groups is 1. The Labute approximate surface area is 157 Å². The first-order valence-electron chi connectivity index (χ1n) is 8.25. The van der Waals surface area contributed by atoms with E-state index in [1.165, 1.54) is 12.5 Å². The molecule has 0 aliphatic carbocycles. The largest absolute Gasteiger partial charge is 0.343 e. The maximum Gasteiger partial charge on any atom is 0.332 e. The predicted molar refractivity (Wildman–Crippen MR) is 103 cm³/mol. The number of aryl methyl sites for hydroxylation is 1. The van der Waals surface area contributed by atoms with Crippen molar-refractivity contribution in [1.29, 1.82) is 0 Å². The number of carbonyl (C=O) groups excluding carboxylic acids is 1. The average Bonchev–Trinajstić information content (AvgIpc) is 2.96. The van der Waals surface area contributed by atoms with Gasteiger partial charge in [-0.1, -0.05) is 12.1 Å². The summed E-state index contributed by atoms with van der Waals surface area (Å²) >= 11 is 0. The number of rotatable bonds is 5. The van der Waals surface area contributed by atoms with Gasteiger partial charge in [0.2, 0.25) is 0 Å². The van der Waals surface area contributed by atoms with Crippen molar-refractivity contribution in [1.82, 2.24) is 19.7 Å². The number of aliphatic imine (C=N–C) groups is 2. The van der Waals surface area contributed by atoms with Gasteiger partial charge in [-0.2, -0.15) is 12.7 Å². The van der Waals surface area contributed by atoms with E-state index >= 15 is 0 Å². The molecule has 144 valence electrons. The second-order valence-electron chi connectivity index (χ2n) is 6.41. The normalized spacial score (nSPS) is 20.7. The smallest absolute Gasteiger partial charge is 0.332 e. The van der Waals surface area contributed by atoms with Crippen molar-refractivity contribution in [2.75, 3.05) is 5.32 Å². The van der Waals surface area contributed by atoms with Crippen LogP contribution in [0.2, 0.25) is 0 Å². The van der Waals surface area contributed by atoms with Crippen molar-refractivity contribution in [2.24, 2.45) is 9.98 Å². The third-order valence-electron chi connectivity index (χ3n) is 3.78.